The van der Waals surface area contributed by atoms with Crippen molar-refractivity contribution >= 4 is 23.4 Å². The van der Waals surface area contributed by atoms with Gasteiger partial charge in [0.2, 0.25) is 0 Å². The number of hydrogen-bond acceptors (Lipinski definition) is 3. The van der Waals surface area contributed by atoms with E-state index < -0.39 is 5.97 Å². The molecule has 0 aliphatic carbocycles. The second-order valence-corrected chi connectivity index (χ2v) is 7.01. The summed E-state index contributed by atoms with van der Waals surface area (Å²) in [7, 11) is 0. The molecule has 0 aromatic carbocycles. The van der Waals surface area contributed by atoms with Crippen LogP contribution in [0.4, 0.5) is 5.82 Å². The number of carboxylic acid groups (broad SMARTS) is 1. The molecule has 0 amide bonds. The number of anilines is 1. The Morgan fingerprint density at radius 2 is 1.95 bits per heavy atom. The molecule has 0 spiro atoms. The van der Waals surface area contributed by atoms with Crippen LogP contribution in [-0.4, -0.2) is 21.6 Å². The lowest BCUT2D eigenvalue weighted by Gasteiger charge is -2.34. The molecule has 0 unspecified atom stereocenters. The topological polar surface area (TPSA) is 62.2 Å². The van der Waals surface area contributed by atoms with Crippen LogP contribution in [0, 0.1) is 5.41 Å². The van der Waals surface area contributed by atoms with Gasteiger partial charge in [0.15, 0.2) is 0 Å². The van der Waals surface area contributed by atoms with Crippen LogP contribution in [-0.2, 0) is 0 Å². The van der Waals surface area contributed by atoms with Gasteiger partial charge in [-0.05, 0) is 31.7 Å². The maximum atomic E-state index is 10.8. The molecule has 4 nitrogen and oxygen atoms in total. The van der Waals surface area contributed by atoms with E-state index in [0.29, 0.717) is 10.8 Å². The van der Waals surface area contributed by atoms with E-state index in [9.17, 15) is 4.79 Å². The quantitative estimate of drug-likeness (QED) is 0.875. The summed E-state index contributed by atoms with van der Waals surface area (Å²) >= 11 is 6.06. The van der Waals surface area contributed by atoms with Crippen LogP contribution < -0.4 is 5.32 Å². The molecule has 0 aliphatic heterocycles. The molecule has 0 atom stereocenters. The van der Waals surface area contributed by atoms with Gasteiger partial charge in [0.05, 0.1) is 10.6 Å². The Balaban J connectivity index is 2.91. The van der Waals surface area contributed by atoms with E-state index in [0.717, 1.165) is 6.42 Å². The Bertz CT molecular complexity index is 479. The van der Waals surface area contributed by atoms with Gasteiger partial charge in [0, 0.05) is 11.7 Å². The molecule has 1 rings (SSSR count). The van der Waals surface area contributed by atoms with Crippen LogP contribution >= 0.6 is 11.6 Å². The number of nitrogens with one attached hydrogen (secondary N) is 1. The zero-order chi connectivity index (χ0) is 14.8. The second kappa shape index (κ2) is 5.37. The lowest BCUT2D eigenvalue weighted by Crippen LogP contribution is -2.35. The van der Waals surface area contributed by atoms with Crippen LogP contribution in [0.3, 0.4) is 0 Å². The lowest BCUT2D eigenvalue weighted by atomic mass is 9.82. The highest BCUT2D eigenvalue weighted by atomic mass is 35.5. The normalized spacial score (nSPS) is 12.3. The molecule has 0 saturated carbocycles. The average Bonchev–Trinajstić information content (AvgIpc) is 2.16. The van der Waals surface area contributed by atoms with Crippen molar-refractivity contribution in [2.24, 2.45) is 5.41 Å². The summed E-state index contributed by atoms with van der Waals surface area (Å²) in [6.07, 6.45) is 2.24. The SMILES string of the molecule is CC(C)(C)CC(C)(C)Nc1ncc(C(=O)O)cc1Cl. The van der Waals surface area contributed by atoms with Gasteiger partial charge in [-0.15, -0.1) is 0 Å². The second-order valence-electron chi connectivity index (χ2n) is 6.61. The van der Waals surface area contributed by atoms with E-state index in [1.54, 1.807) is 0 Å². The van der Waals surface area contributed by atoms with E-state index >= 15 is 0 Å². The molecule has 0 fully saturated rings. The molecular formula is C14H21ClN2O2. The molecule has 1 heterocycles. The van der Waals surface area contributed by atoms with Crippen molar-refractivity contribution in [2.75, 3.05) is 5.32 Å². The Morgan fingerprint density at radius 3 is 2.37 bits per heavy atom. The molecule has 5 heteroatoms. The maximum absolute atomic E-state index is 10.8. The van der Waals surface area contributed by atoms with Gasteiger partial charge in [0.1, 0.15) is 5.82 Å². The maximum Gasteiger partial charge on any atom is 0.337 e. The Hall–Kier alpha value is -1.29. The summed E-state index contributed by atoms with van der Waals surface area (Å²) in [6.45, 7) is 10.6. The zero-order valence-electron chi connectivity index (χ0n) is 12.0. The minimum atomic E-state index is -1.03. The van der Waals surface area contributed by atoms with Gasteiger partial charge in [-0.3, -0.25) is 0 Å². The minimum absolute atomic E-state index is 0.0872. The number of carboxylic acids is 1. The van der Waals surface area contributed by atoms with E-state index in [4.69, 9.17) is 16.7 Å². The predicted octanol–water partition coefficient (Wildman–Crippen LogP) is 4.06. The van der Waals surface area contributed by atoms with Crippen molar-refractivity contribution in [3.8, 4) is 0 Å². The van der Waals surface area contributed by atoms with Crippen molar-refractivity contribution in [3.05, 3.63) is 22.8 Å². The van der Waals surface area contributed by atoms with Crippen molar-refractivity contribution in [2.45, 2.75) is 46.6 Å². The van der Waals surface area contributed by atoms with Gasteiger partial charge in [-0.1, -0.05) is 32.4 Å². The number of aromatic carboxylic acids is 1. The smallest absolute Gasteiger partial charge is 0.337 e. The molecule has 19 heavy (non-hydrogen) atoms. The van der Waals surface area contributed by atoms with Crippen LogP contribution in [0.25, 0.3) is 0 Å². The lowest BCUT2D eigenvalue weighted by molar-refractivity contribution is 0.0696. The summed E-state index contributed by atoms with van der Waals surface area (Å²) < 4.78 is 0. The first-order valence-corrected chi connectivity index (χ1v) is 6.55. The number of nitrogens with zero attached hydrogens (tertiary/aromatic N) is 1. The van der Waals surface area contributed by atoms with Gasteiger partial charge in [-0.2, -0.15) is 0 Å². The van der Waals surface area contributed by atoms with E-state index in [1.165, 1.54) is 12.3 Å². The Kier molecular flexibility index (Phi) is 4.46. The van der Waals surface area contributed by atoms with Crippen LogP contribution in [0.2, 0.25) is 5.02 Å². The minimum Gasteiger partial charge on any atom is -0.478 e. The monoisotopic (exact) mass is 284 g/mol. The number of rotatable bonds is 4. The first-order valence-electron chi connectivity index (χ1n) is 6.17. The van der Waals surface area contributed by atoms with Crippen molar-refractivity contribution in [1.82, 2.24) is 4.98 Å². The van der Waals surface area contributed by atoms with Crippen molar-refractivity contribution < 1.29 is 9.90 Å². The highest BCUT2D eigenvalue weighted by molar-refractivity contribution is 6.33. The summed E-state index contributed by atoms with van der Waals surface area (Å²) in [4.78, 5) is 14.9. The van der Waals surface area contributed by atoms with Gasteiger partial charge >= 0.3 is 5.97 Å². The first kappa shape index (κ1) is 15.8. The summed E-state index contributed by atoms with van der Waals surface area (Å²) in [5.41, 5.74) is 0.0769. The average molecular weight is 285 g/mol. The molecule has 0 radical (unpaired) electrons. The third-order valence-electron chi connectivity index (χ3n) is 2.52. The third-order valence-corrected chi connectivity index (χ3v) is 2.81. The van der Waals surface area contributed by atoms with Crippen molar-refractivity contribution in [3.63, 3.8) is 0 Å². The van der Waals surface area contributed by atoms with Crippen LogP contribution in [0.15, 0.2) is 12.3 Å². The molecule has 0 aliphatic rings. The molecule has 2 N–H and O–H groups in total. The molecule has 1 aromatic rings. The highest BCUT2D eigenvalue weighted by Gasteiger charge is 2.26. The van der Waals surface area contributed by atoms with E-state index in [2.05, 4.69) is 44.9 Å². The van der Waals surface area contributed by atoms with Gasteiger partial charge in [0.25, 0.3) is 0 Å². The van der Waals surface area contributed by atoms with Crippen LogP contribution in [0.1, 0.15) is 51.4 Å². The Morgan fingerprint density at radius 1 is 1.37 bits per heavy atom. The summed E-state index contributed by atoms with van der Waals surface area (Å²) in [6, 6.07) is 1.41. The number of aromatic nitrogens is 1. The van der Waals surface area contributed by atoms with E-state index in [-0.39, 0.29) is 16.5 Å². The zero-order valence-corrected chi connectivity index (χ0v) is 12.8. The summed E-state index contributed by atoms with van der Waals surface area (Å²) in [5, 5.41) is 12.5. The number of hydrogen-bond donors (Lipinski definition) is 2. The van der Waals surface area contributed by atoms with Crippen LogP contribution in [0.5, 0.6) is 0 Å². The molecule has 1 aromatic heterocycles. The molecule has 0 saturated heterocycles. The fourth-order valence-electron chi connectivity index (χ4n) is 2.34. The fraction of sp³-hybridized carbons (Fsp3) is 0.571. The predicted molar refractivity (Wildman–Crippen MR) is 78.0 cm³/mol. The van der Waals surface area contributed by atoms with E-state index in [1.807, 2.05) is 0 Å². The molecular weight excluding hydrogens is 264 g/mol. The first-order chi connectivity index (χ1) is 8.50. The molecule has 0 bridgehead atoms. The van der Waals surface area contributed by atoms with Gasteiger partial charge < -0.3 is 10.4 Å². The largest absolute Gasteiger partial charge is 0.478 e. The molecule has 106 valence electrons. The number of pyridine rings is 1. The highest BCUT2D eigenvalue weighted by Crippen LogP contribution is 2.31. The number of carbonyl (C=O) groups is 1. The van der Waals surface area contributed by atoms with Crippen molar-refractivity contribution in [1.29, 1.82) is 0 Å². The third kappa shape index (κ3) is 5.07. The summed E-state index contributed by atoms with van der Waals surface area (Å²) in [5.74, 6) is -0.518. The number of halogens is 1. The van der Waals surface area contributed by atoms with Gasteiger partial charge in [-0.25, -0.2) is 9.78 Å². The standard InChI is InChI=1S/C14H21ClN2O2/c1-13(2,3)8-14(4,5)17-11-10(15)6-9(7-16-11)12(18)19/h6-7H,8H2,1-5H3,(H,16,17)(H,18,19). The Labute approximate surface area is 119 Å². The fourth-order valence-corrected chi connectivity index (χ4v) is 2.55.